The Kier molecular flexibility index (Phi) is 6.66. The quantitative estimate of drug-likeness (QED) is 0.419. The van der Waals surface area contributed by atoms with Gasteiger partial charge in [0.25, 0.3) is 5.91 Å². The Morgan fingerprint density at radius 2 is 2.11 bits per heavy atom. The highest BCUT2D eigenvalue weighted by Gasteiger charge is 2.13. The Bertz CT molecular complexity index is 1020. The molecule has 0 radical (unpaired) electrons. The smallest absolute Gasteiger partial charge is 0.338 e. The van der Waals surface area contributed by atoms with E-state index in [9.17, 15) is 9.59 Å². The summed E-state index contributed by atoms with van der Waals surface area (Å²) in [6.45, 7) is 5.65. The summed E-state index contributed by atoms with van der Waals surface area (Å²) < 4.78 is 14.7. The average molecular weight is 403 g/mol. The summed E-state index contributed by atoms with van der Waals surface area (Å²) in [5.74, 6) is -0.716. The van der Waals surface area contributed by atoms with Gasteiger partial charge >= 0.3 is 5.97 Å². The molecule has 10 heteroatoms. The van der Waals surface area contributed by atoms with Gasteiger partial charge in [0.1, 0.15) is 19.2 Å². The van der Waals surface area contributed by atoms with Crippen molar-refractivity contribution in [2.24, 2.45) is 4.99 Å². The molecule has 28 heavy (non-hydrogen) atoms. The van der Waals surface area contributed by atoms with Crippen LogP contribution in [-0.4, -0.2) is 51.0 Å². The van der Waals surface area contributed by atoms with Crippen LogP contribution < -0.4 is 4.80 Å². The van der Waals surface area contributed by atoms with Crippen LogP contribution in [0.2, 0.25) is 0 Å². The third kappa shape index (κ3) is 4.70. The molecule has 0 N–H and O–H groups in total. The third-order valence-corrected chi connectivity index (χ3v) is 4.88. The number of amides is 1. The van der Waals surface area contributed by atoms with Crippen LogP contribution in [0, 0.1) is 0 Å². The maximum Gasteiger partial charge on any atom is 0.338 e. The number of carbonyl (C=O) groups is 2. The zero-order valence-corrected chi connectivity index (χ0v) is 16.5. The van der Waals surface area contributed by atoms with Crippen molar-refractivity contribution in [1.29, 1.82) is 0 Å². The lowest BCUT2D eigenvalue weighted by Crippen LogP contribution is -2.21. The number of rotatable bonds is 8. The number of aromatic nitrogens is 4. The van der Waals surface area contributed by atoms with Gasteiger partial charge in [-0.25, -0.2) is 14.5 Å². The van der Waals surface area contributed by atoms with Crippen molar-refractivity contribution >= 4 is 33.4 Å². The molecule has 0 unspecified atom stereocenters. The van der Waals surface area contributed by atoms with E-state index in [0.29, 0.717) is 36.7 Å². The standard InChI is InChI=1S/C18H21N5O4S/c1-3-26-8-7-23-14-6-5-13(17(25)27-4-2)9-15(14)28-18(23)21-16(24)10-22-12-19-11-20-22/h5-6,9,11-12H,3-4,7-8,10H2,1-2H3. The molecule has 1 aromatic carbocycles. The van der Waals surface area contributed by atoms with Gasteiger partial charge in [0.15, 0.2) is 4.80 Å². The van der Waals surface area contributed by atoms with E-state index in [4.69, 9.17) is 9.47 Å². The first kappa shape index (κ1) is 19.9. The first-order valence-corrected chi connectivity index (χ1v) is 9.72. The lowest BCUT2D eigenvalue weighted by Gasteiger charge is -2.06. The predicted octanol–water partition coefficient (Wildman–Crippen LogP) is 1.63. The summed E-state index contributed by atoms with van der Waals surface area (Å²) in [5.41, 5.74) is 1.35. The lowest BCUT2D eigenvalue weighted by molar-refractivity contribution is -0.118. The number of hydrogen-bond acceptors (Lipinski definition) is 7. The molecule has 0 atom stereocenters. The Labute approximate surface area is 165 Å². The largest absolute Gasteiger partial charge is 0.462 e. The van der Waals surface area contributed by atoms with E-state index in [1.807, 2.05) is 17.6 Å². The van der Waals surface area contributed by atoms with Gasteiger partial charge in [-0.05, 0) is 32.0 Å². The highest BCUT2D eigenvalue weighted by Crippen LogP contribution is 2.20. The van der Waals surface area contributed by atoms with Crippen LogP contribution in [0.3, 0.4) is 0 Å². The Morgan fingerprint density at radius 1 is 1.25 bits per heavy atom. The molecular formula is C18H21N5O4S. The Balaban J connectivity index is 1.98. The highest BCUT2D eigenvalue weighted by molar-refractivity contribution is 7.16. The molecule has 3 aromatic rings. The number of ether oxygens (including phenoxy) is 2. The number of fused-ring (bicyclic) bond motifs is 1. The molecule has 0 saturated heterocycles. The maximum absolute atomic E-state index is 12.3. The van der Waals surface area contributed by atoms with Crippen molar-refractivity contribution in [3.05, 3.63) is 41.2 Å². The maximum atomic E-state index is 12.3. The lowest BCUT2D eigenvalue weighted by atomic mass is 10.2. The molecule has 3 rings (SSSR count). The SMILES string of the molecule is CCOCCn1c(=NC(=O)Cn2cncn2)sc2cc(C(=O)OCC)ccc21. The van der Waals surface area contributed by atoms with E-state index in [-0.39, 0.29) is 18.4 Å². The summed E-state index contributed by atoms with van der Waals surface area (Å²) in [7, 11) is 0. The third-order valence-electron chi connectivity index (χ3n) is 3.84. The van der Waals surface area contributed by atoms with Crippen molar-refractivity contribution in [1.82, 2.24) is 19.3 Å². The van der Waals surface area contributed by atoms with Gasteiger partial charge in [0, 0.05) is 13.2 Å². The summed E-state index contributed by atoms with van der Waals surface area (Å²) >= 11 is 1.34. The summed E-state index contributed by atoms with van der Waals surface area (Å²) in [6, 6.07) is 5.31. The van der Waals surface area contributed by atoms with Crippen molar-refractivity contribution in [3.8, 4) is 0 Å². The second-order valence-corrected chi connectivity index (χ2v) is 6.74. The minimum Gasteiger partial charge on any atom is -0.462 e. The van der Waals surface area contributed by atoms with E-state index in [1.54, 1.807) is 19.1 Å². The van der Waals surface area contributed by atoms with E-state index < -0.39 is 0 Å². The topological polar surface area (TPSA) is 101 Å². The van der Waals surface area contributed by atoms with Gasteiger partial charge in [-0.3, -0.25) is 4.79 Å². The molecule has 2 aromatic heterocycles. The number of nitrogens with zero attached hydrogens (tertiary/aromatic N) is 5. The normalized spacial score (nSPS) is 11.9. The highest BCUT2D eigenvalue weighted by atomic mass is 32.1. The molecule has 0 spiro atoms. The Hall–Kier alpha value is -2.85. The molecule has 0 saturated carbocycles. The van der Waals surface area contributed by atoms with E-state index in [2.05, 4.69) is 15.1 Å². The molecule has 0 aliphatic heterocycles. The number of carbonyl (C=O) groups excluding carboxylic acids is 2. The van der Waals surface area contributed by atoms with Gasteiger partial charge in [0.05, 0.1) is 29.0 Å². The zero-order valence-electron chi connectivity index (χ0n) is 15.7. The summed E-state index contributed by atoms with van der Waals surface area (Å²) in [4.78, 5) is 32.9. The van der Waals surface area contributed by atoms with Gasteiger partial charge in [-0.15, -0.1) is 0 Å². The summed E-state index contributed by atoms with van der Waals surface area (Å²) in [5, 5.41) is 3.92. The monoisotopic (exact) mass is 403 g/mol. The molecule has 2 heterocycles. The number of hydrogen-bond donors (Lipinski definition) is 0. The van der Waals surface area contributed by atoms with Gasteiger partial charge in [0.2, 0.25) is 0 Å². The fourth-order valence-corrected chi connectivity index (χ4v) is 3.72. The van der Waals surface area contributed by atoms with E-state index in [1.165, 1.54) is 28.7 Å². The zero-order chi connectivity index (χ0) is 19.9. The number of thiazole rings is 1. The number of esters is 1. The molecule has 9 nitrogen and oxygen atoms in total. The van der Waals surface area contributed by atoms with Crippen LogP contribution in [0.25, 0.3) is 10.2 Å². The van der Waals surface area contributed by atoms with Crippen molar-refractivity contribution in [3.63, 3.8) is 0 Å². The molecular weight excluding hydrogens is 382 g/mol. The van der Waals surface area contributed by atoms with E-state index in [0.717, 1.165) is 10.2 Å². The molecule has 0 aliphatic carbocycles. The van der Waals surface area contributed by atoms with Crippen LogP contribution in [0.5, 0.6) is 0 Å². The number of benzene rings is 1. The predicted molar refractivity (Wildman–Crippen MR) is 103 cm³/mol. The first-order valence-electron chi connectivity index (χ1n) is 8.90. The van der Waals surface area contributed by atoms with Crippen LogP contribution >= 0.6 is 11.3 Å². The van der Waals surface area contributed by atoms with E-state index >= 15 is 0 Å². The van der Waals surface area contributed by atoms with Crippen molar-refractivity contribution in [2.45, 2.75) is 26.9 Å². The van der Waals surface area contributed by atoms with Gasteiger partial charge in [-0.2, -0.15) is 10.1 Å². The van der Waals surface area contributed by atoms with Crippen molar-refractivity contribution < 1.29 is 19.1 Å². The second-order valence-electron chi connectivity index (χ2n) is 5.73. The average Bonchev–Trinajstić information content (AvgIpc) is 3.29. The fourth-order valence-electron chi connectivity index (χ4n) is 2.61. The molecule has 0 aliphatic rings. The molecule has 1 amide bonds. The fraction of sp³-hybridized carbons (Fsp3) is 0.389. The molecule has 0 fully saturated rings. The molecule has 0 bridgehead atoms. The van der Waals surface area contributed by atoms with Crippen LogP contribution in [0.4, 0.5) is 0 Å². The summed E-state index contributed by atoms with van der Waals surface area (Å²) in [6.07, 6.45) is 2.83. The van der Waals surface area contributed by atoms with Crippen LogP contribution in [-0.2, 0) is 27.4 Å². The Morgan fingerprint density at radius 3 is 2.82 bits per heavy atom. The second kappa shape index (κ2) is 9.38. The van der Waals surface area contributed by atoms with Gasteiger partial charge < -0.3 is 14.0 Å². The van der Waals surface area contributed by atoms with Crippen LogP contribution in [0.15, 0.2) is 35.8 Å². The first-order chi connectivity index (χ1) is 13.6. The van der Waals surface area contributed by atoms with Crippen molar-refractivity contribution in [2.75, 3.05) is 19.8 Å². The van der Waals surface area contributed by atoms with Gasteiger partial charge in [-0.1, -0.05) is 11.3 Å². The van der Waals surface area contributed by atoms with Crippen LogP contribution in [0.1, 0.15) is 24.2 Å². The molecule has 148 valence electrons. The minimum absolute atomic E-state index is 0.00772. The minimum atomic E-state index is -0.376.